The van der Waals surface area contributed by atoms with Crippen molar-refractivity contribution in [1.82, 2.24) is 4.90 Å². The highest BCUT2D eigenvalue weighted by Crippen LogP contribution is 2.45. The molecule has 2 aliphatic heterocycles. The maximum Gasteiger partial charge on any atom is 0.416 e. The fourth-order valence-corrected chi connectivity index (χ4v) is 5.24. The molecule has 0 amide bonds. The summed E-state index contributed by atoms with van der Waals surface area (Å²) in [5, 5.41) is 0. The lowest BCUT2D eigenvalue weighted by Crippen LogP contribution is -2.66. The molecular weight excluding hydrogens is 458 g/mol. The Morgan fingerprint density at radius 2 is 1.56 bits per heavy atom. The summed E-state index contributed by atoms with van der Waals surface area (Å²) < 4.78 is 85.9. The summed E-state index contributed by atoms with van der Waals surface area (Å²) in [7, 11) is 0. The average molecular weight is 486 g/mol. The number of piperidine rings is 2. The Kier molecular flexibility index (Phi) is 6.50. The van der Waals surface area contributed by atoms with Gasteiger partial charge in [0.2, 0.25) is 0 Å². The van der Waals surface area contributed by atoms with Crippen LogP contribution in [-0.4, -0.2) is 30.1 Å². The van der Waals surface area contributed by atoms with E-state index in [1.54, 1.807) is 0 Å². The summed E-state index contributed by atoms with van der Waals surface area (Å²) in [4.78, 5) is 2.27. The van der Waals surface area contributed by atoms with Gasteiger partial charge in [-0.3, -0.25) is 4.90 Å². The van der Waals surface area contributed by atoms with Gasteiger partial charge < -0.3 is 10.5 Å². The Labute approximate surface area is 194 Å². The predicted molar refractivity (Wildman–Crippen MR) is 116 cm³/mol. The Balaban J connectivity index is 1.64. The molecule has 9 heteroatoms. The third-order valence-electron chi connectivity index (χ3n) is 7.21. The quantitative estimate of drug-likeness (QED) is 0.506. The van der Waals surface area contributed by atoms with E-state index < -0.39 is 35.1 Å². The van der Waals surface area contributed by atoms with Crippen LogP contribution >= 0.6 is 0 Å². The van der Waals surface area contributed by atoms with E-state index in [-0.39, 0.29) is 23.8 Å². The molecular formula is C25H28F6N2O. The van der Waals surface area contributed by atoms with Crippen LogP contribution in [0.2, 0.25) is 0 Å². The molecule has 2 fully saturated rings. The summed E-state index contributed by atoms with van der Waals surface area (Å²) in [6.45, 7) is 3.08. The molecule has 34 heavy (non-hydrogen) atoms. The van der Waals surface area contributed by atoms with Crippen LogP contribution in [0.5, 0.6) is 0 Å². The van der Waals surface area contributed by atoms with E-state index in [0.29, 0.717) is 13.0 Å². The van der Waals surface area contributed by atoms with Crippen LogP contribution in [0, 0.1) is 0 Å². The largest absolute Gasteiger partial charge is 0.416 e. The first-order valence-electron chi connectivity index (χ1n) is 11.3. The van der Waals surface area contributed by atoms with E-state index in [4.69, 9.17) is 10.5 Å². The number of rotatable bonds is 5. The SMILES string of the molecule is C[C@@H](OC[C@@]1(c2ccccc2)CC[C@@]2(N)CCCN1C2)c1cc(C(F)(F)F)cc(C(F)(F)F)c1. The fraction of sp³-hybridized carbons (Fsp3) is 0.520. The maximum absolute atomic E-state index is 13.3. The lowest BCUT2D eigenvalue weighted by Gasteiger charge is -2.56. The zero-order valence-electron chi connectivity index (χ0n) is 18.8. The van der Waals surface area contributed by atoms with Gasteiger partial charge >= 0.3 is 12.4 Å². The van der Waals surface area contributed by atoms with Gasteiger partial charge in [-0.25, -0.2) is 0 Å². The second-order valence-electron chi connectivity index (χ2n) is 9.58. The number of nitrogens with zero attached hydrogens (tertiary/aromatic N) is 1. The zero-order chi connectivity index (χ0) is 24.8. The molecule has 0 radical (unpaired) electrons. The number of halogens is 6. The molecule has 2 N–H and O–H groups in total. The van der Waals surface area contributed by atoms with E-state index in [2.05, 4.69) is 4.90 Å². The van der Waals surface area contributed by atoms with Gasteiger partial charge in [-0.2, -0.15) is 26.3 Å². The van der Waals surface area contributed by atoms with Crippen molar-refractivity contribution >= 4 is 0 Å². The number of hydrogen-bond acceptors (Lipinski definition) is 3. The fourth-order valence-electron chi connectivity index (χ4n) is 5.24. The summed E-state index contributed by atoms with van der Waals surface area (Å²) in [5.74, 6) is 0. The molecule has 1 unspecified atom stereocenters. The molecule has 0 spiro atoms. The van der Waals surface area contributed by atoms with Gasteiger partial charge in [-0.1, -0.05) is 30.3 Å². The monoisotopic (exact) mass is 486 g/mol. The summed E-state index contributed by atoms with van der Waals surface area (Å²) in [6, 6.07) is 11.3. The van der Waals surface area contributed by atoms with E-state index in [1.807, 2.05) is 30.3 Å². The van der Waals surface area contributed by atoms with Crippen LogP contribution in [0.1, 0.15) is 61.0 Å². The number of hydrogen-bond donors (Lipinski definition) is 1. The van der Waals surface area contributed by atoms with Crippen molar-refractivity contribution in [1.29, 1.82) is 0 Å². The first-order valence-corrected chi connectivity index (χ1v) is 11.3. The van der Waals surface area contributed by atoms with E-state index in [1.165, 1.54) is 6.92 Å². The first kappa shape index (κ1) is 25.0. The smallest absolute Gasteiger partial charge is 0.372 e. The second kappa shape index (κ2) is 8.84. The molecule has 4 atom stereocenters. The number of alkyl halides is 6. The lowest BCUT2D eigenvalue weighted by atomic mass is 9.71. The van der Waals surface area contributed by atoms with Crippen LogP contribution in [0.4, 0.5) is 26.3 Å². The van der Waals surface area contributed by atoms with Crippen LogP contribution in [0.25, 0.3) is 0 Å². The first-order chi connectivity index (χ1) is 15.8. The molecule has 0 saturated carbocycles. The summed E-state index contributed by atoms with van der Waals surface area (Å²) in [6.07, 6.45) is -7.47. The molecule has 2 aromatic rings. The Bertz CT molecular complexity index is 976. The average Bonchev–Trinajstić information content (AvgIpc) is 2.78. The van der Waals surface area contributed by atoms with Gasteiger partial charge in [0, 0.05) is 12.1 Å². The maximum atomic E-state index is 13.3. The Hall–Kier alpha value is -2.10. The van der Waals surface area contributed by atoms with Gasteiger partial charge in [0.15, 0.2) is 0 Å². The highest BCUT2D eigenvalue weighted by molar-refractivity contribution is 5.35. The number of nitrogens with two attached hydrogens (primary N) is 1. The normalized spacial score (nSPS) is 28.5. The zero-order valence-corrected chi connectivity index (χ0v) is 18.8. The van der Waals surface area contributed by atoms with Crippen molar-refractivity contribution in [2.45, 2.75) is 62.1 Å². The standard InChI is InChI=1S/C25H28F6N2O/c1-17(18-12-20(24(26,27)28)14-21(13-18)25(29,30)31)34-16-23(19-6-3-2-4-7-19)10-9-22(32)8-5-11-33(23)15-22/h2-4,6-7,12-14,17H,5,8-11,15-16,32H2,1H3/t17-,22+,23-/m1/s1. The molecule has 0 aromatic heterocycles. The Morgan fingerprint density at radius 3 is 2.15 bits per heavy atom. The van der Waals surface area contributed by atoms with Gasteiger partial charge in [0.05, 0.1) is 29.4 Å². The van der Waals surface area contributed by atoms with Crippen molar-refractivity contribution in [2.24, 2.45) is 5.73 Å². The van der Waals surface area contributed by atoms with Gasteiger partial charge in [-0.15, -0.1) is 0 Å². The highest BCUT2D eigenvalue weighted by atomic mass is 19.4. The van der Waals surface area contributed by atoms with Crippen LogP contribution < -0.4 is 5.73 Å². The van der Waals surface area contributed by atoms with Gasteiger partial charge in [-0.05, 0) is 68.5 Å². The molecule has 2 saturated heterocycles. The number of fused-ring (bicyclic) bond motifs is 2. The molecule has 186 valence electrons. The summed E-state index contributed by atoms with van der Waals surface area (Å²) in [5.41, 5.74) is 3.90. The van der Waals surface area contributed by atoms with E-state index in [0.717, 1.165) is 43.5 Å². The minimum atomic E-state index is -4.90. The molecule has 2 aliphatic rings. The van der Waals surface area contributed by atoms with E-state index in [9.17, 15) is 26.3 Å². The molecule has 0 aliphatic carbocycles. The van der Waals surface area contributed by atoms with Crippen molar-refractivity contribution in [3.8, 4) is 0 Å². The highest BCUT2D eigenvalue weighted by Gasteiger charge is 2.49. The third-order valence-corrected chi connectivity index (χ3v) is 7.21. The molecule has 2 aromatic carbocycles. The van der Waals surface area contributed by atoms with Crippen molar-refractivity contribution in [3.05, 3.63) is 70.8 Å². The molecule has 4 rings (SSSR count). The summed E-state index contributed by atoms with van der Waals surface area (Å²) >= 11 is 0. The predicted octanol–water partition coefficient (Wildman–Crippen LogP) is 6.28. The van der Waals surface area contributed by atoms with Crippen LogP contribution in [-0.2, 0) is 22.6 Å². The lowest BCUT2D eigenvalue weighted by molar-refractivity contribution is -0.143. The van der Waals surface area contributed by atoms with Crippen LogP contribution in [0.15, 0.2) is 48.5 Å². The number of benzene rings is 2. The van der Waals surface area contributed by atoms with Crippen LogP contribution in [0.3, 0.4) is 0 Å². The third kappa shape index (κ3) is 4.97. The minimum Gasteiger partial charge on any atom is -0.372 e. The van der Waals surface area contributed by atoms with Gasteiger partial charge in [0.25, 0.3) is 0 Å². The molecule has 2 heterocycles. The van der Waals surface area contributed by atoms with Crippen molar-refractivity contribution < 1.29 is 31.1 Å². The van der Waals surface area contributed by atoms with Gasteiger partial charge in [0.1, 0.15) is 0 Å². The second-order valence-corrected chi connectivity index (χ2v) is 9.58. The Morgan fingerprint density at radius 1 is 0.941 bits per heavy atom. The topological polar surface area (TPSA) is 38.5 Å². The van der Waals surface area contributed by atoms with Crippen molar-refractivity contribution in [3.63, 3.8) is 0 Å². The van der Waals surface area contributed by atoms with E-state index >= 15 is 0 Å². The van der Waals surface area contributed by atoms with Crippen molar-refractivity contribution in [2.75, 3.05) is 19.7 Å². The molecule has 2 bridgehead atoms. The molecule has 3 nitrogen and oxygen atoms in total. The number of ether oxygens (including phenoxy) is 1. The minimum absolute atomic E-state index is 0.131.